The smallest absolute Gasteiger partial charge is 0.164 e. The highest BCUT2D eigenvalue weighted by Gasteiger charge is 2.18. The molecule has 0 N–H and O–H groups in total. The van der Waals surface area contributed by atoms with Crippen LogP contribution in [-0.2, 0) is 0 Å². The van der Waals surface area contributed by atoms with Gasteiger partial charge in [-0.15, -0.1) is 0 Å². The van der Waals surface area contributed by atoms with E-state index in [4.69, 9.17) is 15.0 Å². The molecular weight excluding hydrogens is 775 g/mol. The van der Waals surface area contributed by atoms with Gasteiger partial charge in [0.15, 0.2) is 17.5 Å². The van der Waals surface area contributed by atoms with E-state index < -0.39 is 0 Å². The summed E-state index contributed by atoms with van der Waals surface area (Å²) in [6.07, 6.45) is 0. The SMILES string of the molecule is c1ccc2cc(-c3nc(-c4cc(-c5ccc6c7ccccc7c7ccccc7c6c5)cc(-c5cc6ccccc6c6ccccc56)c4)nc(-c4ccc5ccccc5c4)n3)ccc2c1. The first kappa shape index (κ1) is 36.2. The Kier molecular flexibility index (Phi) is 8.22. The van der Waals surface area contributed by atoms with Crippen molar-refractivity contribution in [1.29, 1.82) is 0 Å². The Morgan fingerprint density at radius 1 is 0.188 bits per heavy atom. The van der Waals surface area contributed by atoms with E-state index in [0.29, 0.717) is 17.5 Å². The van der Waals surface area contributed by atoms with Crippen LogP contribution in [0.5, 0.6) is 0 Å². The molecule has 0 spiro atoms. The highest BCUT2D eigenvalue weighted by Crippen LogP contribution is 2.42. The lowest BCUT2D eigenvalue weighted by molar-refractivity contribution is 1.08. The van der Waals surface area contributed by atoms with Gasteiger partial charge in [-0.25, -0.2) is 15.0 Å². The molecule has 12 aromatic carbocycles. The molecule has 0 amide bonds. The van der Waals surface area contributed by atoms with E-state index in [2.05, 4.69) is 224 Å². The van der Waals surface area contributed by atoms with E-state index in [0.717, 1.165) is 49.7 Å². The molecule has 0 aliphatic rings. The van der Waals surface area contributed by atoms with Crippen molar-refractivity contribution >= 4 is 75.4 Å². The molecule has 0 saturated heterocycles. The summed E-state index contributed by atoms with van der Waals surface area (Å²) in [6.45, 7) is 0. The van der Waals surface area contributed by atoms with Gasteiger partial charge in [0, 0.05) is 16.7 Å². The molecule has 1 heterocycles. The van der Waals surface area contributed by atoms with Crippen molar-refractivity contribution < 1.29 is 0 Å². The van der Waals surface area contributed by atoms with Crippen LogP contribution in [0.1, 0.15) is 0 Å². The van der Waals surface area contributed by atoms with Crippen molar-refractivity contribution in [2.24, 2.45) is 0 Å². The topological polar surface area (TPSA) is 38.7 Å². The predicted molar refractivity (Wildman–Crippen MR) is 270 cm³/mol. The largest absolute Gasteiger partial charge is 0.208 e. The summed E-state index contributed by atoms with van der Waals surface area (Å²) in [5.41, 5.74) is 7.26. The Morgan fingerprint density at radius 3 is 1.16 bits per heavy atom. The van der Waals surface area contributed by atoms with E-state index in [9.17, 15) is 0 Å². The fourth-order valence-corrected chi connectivity index (χ4v) is 9.88. The average molecular weight is 812 g/mol. The van der Waals surface area contributed by atoms with Gasteiger partial charge in [-0.1, -0.05) is 182 Å². The van der Waals surface area contributed by atoms with Crippen LogP contribution in [0.4, 0.5) is 0 Å². The molecule has 64 heavy (non-hydrogen) atoms. The molecule has 3 heteroatoms. The minimum absolute atomic E-state index is 0.617. The Morgan fingerprint density at radius 2 is 0.578 bits per heavy atom. The van der Waals surface area contributed by atoms with Crippen LogP contribution >= 0.6 is 0 Å². The molecule has 0 radical (unpaired) electrons. The molecule has 1 aromatic heterocycles. The van der Waals surface area contributed by atoms with Crippen molar-refractivity contribution in [1.82, 2.24) is 15.0 Å². The summed E-state index contributed by atoms with van der Waals surface area (Å²) in [5.74, 6) is 1.88. The van der Waals surface area contributed by atoms with Crippen LogP contribution in [0.2, 0.25) is 0 Å². The number of nitrogens with zero attached hydrogens (tertiary/aromatic N) is 3. The number of aromatic nitrogens is 3. The molecule has 13 rings (SSSR count). The zero-order valence-corrected chi connectivity index (χ0v) is 34.7. The van der Waals surface area contributed by atoms with E-state index >= 15 is 0 Å². The minimum Gasteiger partial charge on any atom is -0.208 e. The van der Waals surface area contributed by atoms with Crippen LogP contribution in [0.25, 0.3) is 132 Å². The summed E-state index contributed by atoms with van der Waals surface area (Å²) >= 11 is 0. The lowest BCUT2D eigenvalue weighted by atomic mass is 9.89. The lowest BCUT2D eigenvalue weighted by Crippen LogP contribution is -2.01. The van der Waals surface area contributed by atoms with E-state index in [-0.39, 0.29) is 0 Å². The van der Waals surface area contributed by atoms with Gasteiger partial charge >= 0.3 is 0 Å². The first-order valence-electron chi connectivity index (χ1n) is 21.8. The van der Waals surface area contributed by atoms with E-state index in [1.165, 1.54) is 64.6 Å². The van der Waals surface area contributed by atoms with Crippen LogP contribution in [0.15, 0.2) is 224 Å². The maximum atomic E-state index is 5.35. The van der Waals surface area contributed by atoms with E-state index in [1.54, 1.807) is 0 Å². The normalized spacial score (nSPS) is 11.8. The molecule has 0 aliphatic carbocycles. The molecule has 0 aliphatic heterocycles. The fourth-order valence-electron chi connectivity index (χ4n) is 9.88. The van der Waals surface area contributed by atoms with Crippen molar-refractivity contribution in [2.45, 2.75) is 0 Å². The van der Waals surface area contributed by atoms with Crippen LogP contribution in [0, 0.1) is 0 Å². The molecule has 0 atom stereocenters. The number of hydrogen-bond acceptors (Lipinski definition) is 3. The minimum atomic E-state index is 0.617. The van der Waals surface area contributed by atoms with Crippen molar-refractivity contribution in [3.63, 3.8) is 0 Å². The van der Waals surface area contributed by atoms with E-state index in [1.807, 2.05) is 0 Å². The number of fused-ring (bicyclic) bond motifs is 11. The maximum Gasteiger partial charge on any atom is 0.164 e. The second-order valence-corrected chi connectivity index (χ2v) is 16.8. The van der Waals surface area contributed by atoms with Crippen molar-refractivity contribution in [2.75, 3.05) is 0 Å². The summed E-state index contributed by atoms with van der Waals surface area (Å²) in [4.78, 5) is 15.9. The van der Waals surface area contributed by atoms with Gasteiger partial charge in [-0.05, 0) is 140 Å². The predicted octanol–water partition coefficient (Wildman–Crippen LogP) is 16.3. The molecular formula is C61H37N3. The van der Waals surface area contributed by atoms with Gasteiger partial charge in [0.2, 0.25) is 0 Å². The van der Waals surface area contributed by atoms with Gasteiger partial charge in [-0.2, -0.15) is 0 Å². The van der Waals surface area contributed by atoms with Crippen LogP contribution in [0.3, 0.4) is 0 Å². The Balaban J connectivity index is 1.09. The maximum absolute atomic E-state index is 5.35. The third-order valence-electron chi connectivity index (χ3n) is 13.0. The molecule has 0 saturated carbocycles. The zero-order valence-electron chi connectivity index (χ0n) is 34.7. The van der Waals surface area contributed by atoms with Gasteiger partial charge < -0.3 is 0 Å². The lowest BCUT2D eigenvalue weighted by Gasteiger charge is -2.16. The van der Waals surface area contributed by atoms with Gasteiger partial charge in [-0.3, -0.25) is 0 Å². The third kappa shape index (κ3) is 6.01. The highest BCUT2D eigenvalue weighted by atomic mass is 15.0. The molecule has 0 fully saturated rings. The second-order valence-electron chi connectivity index (χ2n) is 16.8. The standard InChI is InChI=1S/C61H37N3/c1-3-15-40-31-44(27-25-38(40)13-1)59-62-60(45-28-26-39-14-2-4-16-41(39)32-45)64-61(63-59)48-34-46(33-47(35-48)57-37-43-17-5-6-18-49(43)50-19-7-11-23-54(50)57)42-29-30-56-53-22-9-8-20-51(53)52-21-10-12-24-55(52)58(56)36-42/h1-37H. The average Bonchev–Trinajstić information content (AvgIpc) is 3.37. The summed E-state index contributed by atoms with van der Waals surface area (Å²) in [7, 11) is 0. The highest BCUT2D eigenvalue weighted by molar-refractivity contribution is 6.26. The summed E-state index contributed by atoms with van der Waals surface area (Å²) in [6, 6.07) is 81.0. The quantitative estimate of drug-likeness (QED) is 0.163. The molecule has 13 aromatic rings. The van der Waals surface area contributed by atoms with Gasteiger partial charge in [0.1, 0.15) is 0 Å². The Hall–Kier alpha value is -8.53. The summed E-state index contributed by atoms with van der Waals surface area (Å²) in [5, 5.41) is 17.0. The van der Waals surface area contributed by atoms with Crippen molar-refractivity contribution in [3.8, 4) is 56.4 Å². The van der Waals surface area contributed by atoms with Crippen LogP contribution in [-0.4, -0.2) is 15.0 Å². The van der Waals surface area contributed by atoms with Crippen molar-refractivity contribution in [3.05, 3.63) is 224 Å². The second kappa shape index (κ2) is 14.5. The Bertz CT molecular complexity index is 3900. The molecule has 3 nitrogen and oxygen atoms in total. The first-order chi connectivity index (χ1) is 31.7. The van der Waals surface area contributed by atoms with Gasteiger partial charge in [0.25, 0.3) is 0 Å². The third-order valence-corrected chi connectivity index (χ3v) is 13.0. The fraction of sp³-hybridized carbons (Fsp3) is 0. The first-order valence-corrected chi connectivity index (χ1v) is 21.8. The van der Waals surface area contributed by atoms with Gasteiger partial charge in [0.05, 0.1) is 0 Å². The number of benzene rings is 12. The molecule has 0 unspecified atom stereocenters. The van der Waals surface area contributed by atoms with Crippen LogP contribution < -0.4 is 0 Å². The number of hydrogen-bond donors (Lipinski definition) is 0. The zero-order chi connectivity index (χ0) is 42.1. The Labute approximate surface area is 369 Å². The monoisotopic (exact) mass is 811 g/mol. The molecule has 296 valence electrons. The number of rotatable bonds is 5. The summed E-state index contributed by atoms with van der Waals surface area (Å²) < 4.78 is 0. The molecule has 0 bridgehead atoms.